The molecular weight excluding hydrogens is 445 g/mol. The summed E-state index contributed by atoms with van der Waals surface area (Å²) in [6.07, 6.45) is -4.82. The van der Waals surface area contributed by atoms with Gasteiger partial charge in [0.1, 0.15) is 10.6 Å². The highest BCUT2D eigenvalue weighted by atomic mass is 35.5. The lowest BCUT2D eigenvalue weighted by Gasteiger charge is -2.26. The van der Waals surface area contributed by atoms with Crippen LogP contribution in [0.5, 0.6) is 0 Å². The number of sulfone groups is 1. The number of benzene rings is 1. The molecule has 0 aliphatic rings. The summed E-state index contributed by atoms with van der Waals surface area (Å²) in [4.78, 5) is 4.35. The molecule has 0 radical (unpaired) electrons. The van der Waals surface area contributed by atoms with Crippen LogP contribution in [0.3, 0.4) is 0 Å². The molecular formula is C14H8Cl2F6N2O2S. The highest BCUT2D eigenvalue weighted by Crippen LogP contribution is 2.48. The van der Waals surface area contributed by atoms with E-state index in [2.05, 4.69) is 9.97 Å². The van der Waals surface area contributed by atoms with Crippen molar-refractivity contribution < 1.29 is 34.8 Å². The van der Waals surface area contributed by atoms with Gasteiger partial charge in [-0.15, -0.1) is 0 Å². The first kappa shape index (κ1) is 21.7. The lowest BCUT2D eigenvalue weighted by atomic mass is 10.1. The number of halogens is 8. The maximum atomic E-state index is 14.2. The van der Waals surface area contributed by atoms with Gasteiger partial charge in [0.25, 0.3) is 0 Å². The third-order valence-corrected chi connectivity index (χ3v) is 5.57. The van der Waals surface area contributed by atoms with E-state index >= 15 is 0 Å². The molecule has 0 amide bonds. The first-order chi connectivity index (χ1) is 12.3. The molecule has 2 rings (SSSR count). The van der Waals surface area contributed by atoms with Crippen molar-refractivity contribution in [2.75, 3.05) is 0 Å². The molecule has 0 aliphatic heterocycles. The lowest BCUT2D eigenvalue weighted by molar-refractivity contribution is -0.273. The first-order valence-corrected chi connectivity index (χ1v) is 9.25. The molecule has 0 saturated heterocycles. The fourth-order valence-corrected chi connectivity index (χ4v) is 4.33. The Kier molecular flexibility index (Phi) is 5.98. The molecule has 1 heterocycles. The van der Waals surface area contributed by atoms with Crippen molar-refractivity contribution in [1.29, 1.82) is 0 Å². The van der Waals surface area contributed by atoms with E-state index in [-0.39, 0.29) is 5.56 Å². The maximum absolute atomic E-state index is 14.2. The zero-order valence-corrected chi connectivity index (χ0v) is 15.1. The van der Waals surface area contributed by atoms with Gasteiger partial charge in [0, 0.05) is 0 Å². The summed E-state index contributed by atoms with van der Waals surface area (Å²) < 4.78 is 105. The number of alkyl halides is 6. The van der Waals surface area contributed by atoms with Crippen LogP contribution < -0.4 is 0 Å². The maximum Gasteiger partial charge on any atom is 0.375 e. The van der Waals surface area contributed by atoms with E-state index in [0.29, 0.717) is 0 Å². The van der Waals surface area contributed by atoms with Crippen molar-refractivity contribution in [3.05, 3.63) is 52.0 Å². The van der Waals surface area contributed by atoms with Gasteiger partial charge in [-0.3, -0.25) is 0 Å². The van der Waals surface area contributed by atoms with Crippen molar-refractivity contribution in [2.24, 2.45) is 0 Å². The summed E-state index contributed by atoms with van der Waals surface area (Å²) in [5.74, 6) is -12.6. The Morgan fingerprint density at radius 1 is 1.00 bits per heavy atom. The van der Waals surface area contributed by atoms with Gasteiger partial charge in [-0.05, 0) is 17.2 Å². The monoisotopic (exact) mass is 452 g/mol. The molecule has 4 nitrogen and oxygen atoms in total. The standard InChI is InChI=1S/C14H8Cl2F6N2O2S/c15-10-8(27(25,26)6-7-4-2-1-3-5-7)9(23-12(16)24-10)13(19,20)14(21,22)11(17)18/h1-5,11H,6H2. The van der Waals surface area contributed by atoms with Crippen LogP contribution in [-0.4, -0.2) is 30.7 Å². The van der Waals surface area contributed by atoms with Crippen LogP contribution in [-0.2, 0) is 21.5 Å². The largest absolute Gasteiger partial charge is 0.375 e. The van der Waals surface area contributed by atoms with Gasteiger partial charge in [0.15, 0.2) is 15.0 Å². The molecule has 0 atom stereocenters. The zero-order chi connectivity index (χ0) is 20.6. The smallest absolute Gasteiger partial charge is 0.223 e. The van der Waals surface area contributed by atoms with Crippen LogP contribution in [0.2, 0.25) is 10.4 Å². The fourth-order valence-electron chi connectivity index (χ4n) is 2.05. The highest BCUT2D eigenvalue weighted by molar-refractivity contribution is 7.90. The van der Waals surface area contributed by atoms with Gasteiger partial charge < -0.3 is 0 Å². The minimum Gasteiger partial charge on any atom is -0.223 e. The number of aromatic nitrogens is 2. The zero-order valence-electron chi connectivity index (χ0n) is 12.8. The Morgan fingerprint density at radius 3 is 2.07 bits per heavy atom. The molecule has 148 valence electrons. The molecule has 0 saturated carbocycles. The Bertz CT molecular complexity index is 942. The second kappa shape index (κ2) is 7.44. The predicted molar refractivity (Wildman–Crippen MR) is 84.2 cm³/mol. The van der Waals surface area contributed by atoms with Crippen molar-refractivity contribution in [1.82, 2.24) is 9.97 Å². The SMILES string of the molecule is O=S(=O)(Cc1ccccc1)c1c(Cl)nc(Cl)nc1C(F)(F)C(F)(F)C(F)F. The Labute approximate surface area is 159 Å². The second-order valence-electron chi connectivity index (χ2n) is 5.20. The van der Waals surface area contributed by atoms with Gasteiger partial charge in [0.05, 0.1) is 5.75 Å². The van der Waals surface area contributed by atoms with E-state index in [0.717, 1.165) is 0 Å². The average Bonchev–Trinajstić information content (AvgIpc) is 2.53. The average molecular weight is 453 g/mol. The molecule has 0 N–H and O–H groups in total. The minimum absolute atomic E-state index is 0.0957. The molecule has 13 heteroatoms. The van der Waals surface area contributed by atoms with Crippen molar-refractivity contribution >= 4 is 33.0 Å². The van der Waals surface area contributed by atoms with Gasteiger partial charge in [-0.2, -0.15) is 17.6 Å². The van der Waals surface area contributed by atoms with Gasteiger partial charge in [0.2, 0.25) is 5.28 Å². The van der Waals surface area contributed by atoms with Crippen molar-refractivity contribution in [2.45, 2.75) is 28.9 Å². The van der Waals surface area contributed by atoms with E-state index in [1.165, 1.54) is 30.3 Å². The summed E-state index contributed by atoms with van der Waals surface area (Å²) in [7, 11) is -4.83. The van der Waals surface area contributed by atoms with Crippen molar-refractivity contribution in [3.63, 3.8) is 0 Å². The second-order valence-corrected chi connectivity index (χ2v) is 7.83. The predicted octanol–water partition coefficient (Wildman–Crippen LogP) is 4.75. The molecule has 2 aromatic rings. The summed E-state index contributed by atoms with van der Waals surface area (Å²) in [6, 6.07) is 7.04. The summed E-state index contributed by atoms with van der Waals surface area (Å²) in [6.45, 7) is 0. The third kappa shape index (κ3) is 4.14. The minimum atomic E-state index is -5.94. The third-order valence-electron chi connectivity index (χ3n) is 3.30. The number of hydrogen-bond donors (Lipinski definition) is 0. The molecule has 0 aliphatic carbocycles. The van der Waals surface area contributed by atoms with Crippen LogP contribution >= 0.6 is 23.2 Å². The van der Waals surface area contributed by atoms with E-state index in [1.54, 1.807) is 0 Å². The molecule has 0 unspecified atom stereocenters. The van der Waals surface area contributed by atoms with Crippen LogP contribution in [0.4, 0.5) is 26.3 Å². The van der Waals surface area contributed by atoms with Crippen LogP contribution in [0.25, 0.3) is 0 Å². The molecule has 1 aromatic carbocycles. The van der Waals surface area contributed by atoms with E-state index in [9.17, 15) is 34.8 Å². The lowest BCUT2D eigenvalue weighted by Crippen LogP contribution is -2.45. The van der Waals surface area contributed by atoms with E-state index in [4.69, 9.17) is 23.2 Å². The van der Waals surface area contributed by atoms with E-state index in [1.807, 2.05) is 0 Å². The van der Waals surface area contributed by atoms with Crippen LogP contribution in [0.1, 0.15) is 11.3 Å². The summed E-state index contributed by atoms with van der Waals surface area (Å²) in [5, 5.41) is -2.30. The number of rotatable bonds is 6. The number of hydrogen-bond acceptors (Lipinski definition) is 4. The highest BCUT2D eigenvalue weighted by Gasteiger charge is 2.66. The van der Waals surface area contributed by atoms with E-state index < -0.39 is 54.9 Å². The molecule has 27 heavy (non-hydrogen) atoms. The Balaban J connectivity index is 2.71. The van der Waals surface area contributed by atoms with Gasteiger partial charge >= 0.3 is 18.3 Å². The molecule has 1 aromatic heterocycles. The topological polar surface area (TPSA) is 59.9 Å². The molecule has 0 spiro atoms. The summed E-state index contributed by atoms with van der Waals surface area (Å²) >= 11 is 10.8. The Hall–Kier alpha value is -1.59. The summed E-state index contributed by atoms with van der Waals surface area (Å²) in [5.41, 5.74) is -2.10. The Morgan fingerprint density at radius 2 is 1.56 bits per heavy atom. The fraction of sp³-hybridized carbons (Fsp3) is 0.286. The normalized spacial score (nSPS) is 13.2. The van der Waals surface area contributed by atoms with Crippen LogP contribution in [0.15, 0.2) is 35.2 Å². The molecule has 0 bridgehead atoms. The molecule has 0 fully saturated rings. The van der Waals surface area contributed by atoms with Crippen molar-refractivity contribution in [3.8, 4) is 0 Å². The van der Waals surface area contributed by atoms with Gasteiger partial charge in [-0.1, -0.05) is 41.9 Å². The quantitative estimate of drug-likeness (QED) is 0.360. The van der Waals surface area contributed by atoms with Gasteiger partial charge in [-0.25, -0.2) is 27.2 Å². The first-order valence-electron chi connectivity index (χ1n) is 6.84. The van der Waals surface area contributed by atoms with Crippen LogP contribution in [0, 0.1) is 0 Å². The number of nitrogens with zero attached hydrogens (tertiary/aromatic N) is 2.